The average Bonchev–Trinajstić information content (AvgIpc) is 3.19. The Morgan fingerprint density at radius 3 is 2.22 bits per heavy atom. The second-order valence-electron chi connectivity index (χ2n) is 6.98. The molecular weight excluding hydrogens is 379 g/mol. The maximum Gasteiger partial charge on any atom is 0.573 e. The molecule has 2 atom stereocenters. The van der Waals surface area contributed by atoms with Crippen molar-refractivity contribution in [3.05, 3.63) is 34.8 Å². The van der Waals surface area contributed by atoms with Gasteiger partial charge in [-0.1, -0.05) is 0 Å². The Balaban J connectivity index is 1.62. The lowest BCUT2D eigenvalue weighted by Crippen LogP contribution is -2.35. The zero-order valence-electron chi connectivity index (χ0n) is 14.4. The molecule has 1 aromatic heterocycles. The molecular formula is C19H16F3NO3S. The van der Waals surface area contributed by atoms with Crippen LogP contribution in [0.15, 0.2) is 24.3 Å². The van der Waals surface area contributed by atoms with E-state index < -0.39 is 12.3 Å². The van der Waals surface area contributed by atoms with Gasteiger partial charge in [0, 0.05) is 22.3 Å². The molecule has 27 heavy (non-hydrogen) atoms. The quantitative estimate of drug-likeness (QED) is 0.709. The Morgan fingerprint density at radius 1 is 1.07 bits per heavy atom. The normalized spacial score (nSPS) is 25.1. The van der Waals surface area contributed by atoms with Crippen LogP contribution < -0.4 is 4.74 Å². The van der Waals surface area contributed by atoms with Crippen molar-refractivity contribution in [2.24, 2.45) is 11.8 Å². The predicted octanol–water partition coefficient (Wildman–Crippen LogP) is 4.67. The number of hydrogen-bond donors (Lipinski definition) is 0. The molecule has 2 aliphatic rings. The second-order valence-corrected chi connectivity index (χ2v) is 8.18. The first-order valence-electron chi connectivity index (χ1n) is 8.64. The van der Waals surface area contributed by atoms with Gasteiger partial charge in [0.1, 0.15) is 16.7 Å². The molecule has 8 heteroatoms. The minimum atomic E-state index is -4.74. The van der Waals surface area contributed by atoms with Crippen LogP contribution in [0.25, 0.3) is 10.6 Å². The molecule has 142 valence electrons. The molecule has 4 nitrogen and oxygen atoms in total. The van der Waals surface area contributed by atoms with Crippen molar-refractivity contribution in [2.45, 2.75) is 38.5 Å². The number of thiazole rings is 1. The molecule has 2 aliphatic carbocycles. The number of fused-ring (bicyclic) bond motifs is 2. The summed E-state index contributed by atoms with van der Waals surface area (Å²) in [5.41, 5.74) is 1.11. The fourth-order valence-corrected chi connectivity index (χ4v) is 4.93. The first-order chi connectivity index (χ1) is 12.7. The number of ketones is 2. The number of Topliss-reactive ketones (excluding diaryl/α,β-unsaturated/α-hetero) is 2. The summed E-state index contributed by atoms with van der Waals surface area (Å²) in [5.74, 6) is -1.30. The Morgan fingerprint density at radius 2 is 1.67 bits per heavy atom. The van der Waals surface area contributed by atoms with Gasteiger partial charge < -0.3 is 4.74 Å². The molecule has 0 saturated heterocycles. The molecule has 0 spiro atoms. The molecule has 0 aliphatic heterocycles. The van der Waals surface area contributed by atoms with Gasteiger partial charge in [0.2, 0.25) is 0 Å². The Hall–Kier alpha value is -2.22. The van der Waals surface area contributed by atoms with E-state index in [9.17, 15) is 22.8 Å². The zero-order valence-corrected chi connectivity index (χ0v) is 15.2. The Bertz CT molecular complexity index is 882. The van der Waals surface area contributed by atoms with Gasteiger partial charge in [0.15, 0.2) is 11.6 Å². The fourth-order valence-electron chi connectivity index (χ4n) is 3.98. The molecule has 0 amide bonds. The SMILES string of the molecule is Cc1sc(-c2ccc(OC(F)(F)F)cc2)nc1C1C(=O)[C@H]2CC[C@@H](C2)C1=O. The zero-order chi connectivity index (χ0) is 19.3. The van der Waals surface area contributed by atoms with Gasteiger partial charge in [0.25, 0.3) is 0 Å². The third-order valence-electron chi connectivity index (χ3n) is 5.25. The largest absolute Gasteiger partial charge is 0.573 e. The van der Waals surface area contributed by atoms with Crippen molar-refractivity contribution < 1.29 is 27.5 Å². The van der Waals surface area contributed by atoms with Gasteiger partial charge in [-0.05, 0) is 50.5 Å². The number of alkyl halides is 3. The molecule has 0 unspecified atom stereocenters. The first kappa shape index (κ1) is 18.2. The van der Waals surface area contributed by atoms with Gasteiger partial charge in [0.05, 0.1) is 5.69 Å². The summed E-state index contributed by atoms with van der Waals surface area (Å²) in [7, 11) is 0. The van der Waals surface area contributed by atoms with Crippen LogP contribution in [-0.4, -0.2) is 22.9 Å². The van der Waals surface area contributed by atoms with E-state index in [1.807, 2.05) is 6.92 Å². The average molecular weight is 395 g/mol. The number of hydrogen-bond acceptors (Lipinski definition) is 5. The number of aromatic nitrogens is 1. The number of carbonyl (C=O) groups is 2. The van der Waals surface area contributed by atoms with Crippen molar-refractivity contribution in [1.29, 1.82) is 0 Å². The topological polar surface area (TPSA) is 56.3 Å². The van der Waals surface area contributed by atoms with E-state index in [-0.39, 0.29) is 29.2 Å². The summed E-state index contributed by atoms with van der Waals surface area (Å²) in [5, 5.41) is 0.569. The summed E-state index contributed by atoms with van der Waals surface area (Å²) < 4.78 is 40.7. The molecule has 2 bridgehead atoms. The lowest BCUT2D eigenvalue weighted by Gasteiger charge is -2.24. The summed E-state index contributed by atoms with van der Waals surface area (Å²) >= 11 is 1.33. The number of halogens is 3. The molecule has 4 rings (SSSR count). The third kappa shape index (κ3) is 3.38. The number of ether oxygens (including phenoxy) is 1. The van der Waals surface area contributed by atoms with Crippen molar-refractivity contribution >= 4 is 22.9 Å². The van der Waals surface area contributed by atoms with E-state index in [1.54, 1.807) is 0 Å². The van der Waals surface area contributed by atoms with E-state index in [2.05, 4.69) is 9.72 Å². The highest BCUT2D eigenvalue weighted by Gasteiger charge is 2.48. The van der Waals surface area contributed by atoms with Crippen LogP contribution in [0.5, 0.6) is 5.75 Å². The van der Waals surface area contributed by atoms with Crippen LogP contribution in [0, 0.1) is 18.8 Å². The molecule has 2 aromatic rings. The summed E-state index contributed by atoms with van der Waals surface area (Å²) in [6.45, 7) is 1.81. The van der Waals surface area contributed by atoms with E-state index in [4.69, 9.17) is 0 Å². The molecule has 2 saturated carbocycles. The van der Waals surface area contributed by atoms with Crippen molar-refractivity contribution in [3.8, 4) is 16.3 Å². The number of carbonyl (C=O) groups excluding carboxylic acids is 2. The lowest BCUT2D eigenvalue weighted by atomic mass is 9.77. The lowest BCUT2D eigenvalue weighted by molar-refractivity contribution is -0.274. The van der Waals surface area contributed by atoms with Crippen LogP contribution in [0.2, 0.25) is 0 Å². The molecule has 2 fully saturated rings. The van der Waals surface area contributed by atoms with E-state index in [0.29, 0.717) is 22.7 Å². The summed E-state index contributed by atoms with van der Waals surface area (Å²) in [4.78, 5) is 30.7. The number of rotatable bonds is 3. The maximum atomic E-state index is 12.7. The highest BCUT2D eigenvalue weighted by atomic mass is 32.1. The standard InChI is InChI=1S/C19H16F3NO3S/c1-9-15(14-16(24)11-2-3-12(8-11)17(14)25)23-18(27-9)10-4-6-13(7-5-10)26-19(20,21)22/h4-7,11-12,14H,2-3,8H2,1H3/t11-,12-/m0/s1. The van der Waals surface area contributed by atoms with E-state index >= 15 is 0 Å². The minimum absolute atomic E-state index is 0.0392. The highest BCUT2D eigenvalue weighted by molar-refractivity contribution is 7.15. The van der Waals surface area contributed by atoms with E-state index in [1.165, 1.54) is 35.6 Å². The van der Waals surface area contributed by atoms with Crippen LogP contribution >= 0.6 is 11.3 Å². The number of aryl methyl sites for hydroxylation is 1. The van der Waals surface area contributed by atoms with Crippen molar-refractivity contribution in [2.75, 3.05) is 0 Å². The van der Waals surface area contributed by atoms with Crippen LogP contribution in [-0.2, 0) is 9.59 Å². The van der Waals surface area contributed by atoms with Gasteiger partial charge in [-0.2, -0.15) is 0 Å². The predicted molar refractivity (Wildman–Crippen MR) is 92.6 cm³/mol. The Labute approximate surface area is 157 Å². The van der Waals surface area contributed by atoms with E-state index in [0.717, 1.165) is 17.7 Å². The van der Waals surface area contributed by atoms with Crippen molar-refractivity contribution in [1.82, 2.24) is 4.98 Å². The summed E-state index contributed by atoms with van der Waals surface area (Å²) in [6.07, 6.45) is -2.55. The minimum Gasteiger partial charge on any atom is -0.406 e. The van der Waals surface area contributed by atoms with Crippen LogP contribution in [0.4, 0.5) is 13.2 Å². The highest BCUT2D eigenvalue weighted by Crippen LogP contribution is 2.45. The molecule has 0 radical (unpaired) electrons. The first-order valence-corrected chi connectivity index (χ1v) is 9.45. The maximum absolute atomic E-state index is 12.7. The number of benzene rings is 1. The monoisotopic (exact) mass is 395 g/mol. The molecule has 1 aromatic carbocycles. The second kappa shape index (κ2) is 6.44. The fraction of sp³-hybridized carbons (Fsp3) is 0.421. The van der Waals surface area contributed by atoms with Crippen molar-refractivity contribution in [3.63, 3.8) is 0 Å². The van der Waals surface area contributed by atoms with Gasteiger partial charge in [-0.15, -0.1) is 24.5 Å². The third-order valence-corrected chi connectivity index (χ3v) is 6.28. The smallest absolute Gasteiger partial charge is 0.406 e. The molecule has 1 heterocycles. The van der Waals surface area contributed by atoms with Gasteiger partial charge in [-0.25, -0.2) is 4.98 Å². The number of nitrogens with zero attached hydrogens (tertiary/aromatic N) is 1. The van der Waals surface area contributed by atoms with Crippen LogP contribution in [0.3, 0.4) is 0 Å². The van der Waals surface area contributed by atoms with Crippen LogP contribution in [0.1, 0.15) is 35.8 Å². The van der Waals surface area contributed by atoms with Gasteiger partial charge in [-0.3, -0.25) is 9.59 Å². The van der Waals surface area contributed by atoms with Gasteiger partial charge >= 0.3 is 6.36 Å². The summed E-state index contributed by atoms with van der Waals surface area (Å²) in [6, 6.07) is 5.40. The Kier molecular flexibility index (Phi) is 4.33. The molecule has 0 N–H and O–H groups in total.